The first-order chi connectivity index (χ1) is 8.86. The Labute approximate surface area is 109 Å². The minimum absolute atomic E-state index is 0.637. The van der Waals surface area contributed by atoms with Gasteiger partial charge in [-0.2, -0.15) is 0 Å². The van der Waals surface area contributed by atoms with Crippen LogP contribution in [0.3, 0.4) is 0 Å². The second-order valence-electron chi connectivity index (χ2n) is 4.22. The van der Waals surface area contributed by atoms with E-state index in [1.54, 1.807) is 0 Å². The van der Waals surface area contributed by atoms with E-state index in [1.807, 2.05) is 6.07 Å². The van der Waals surface area contributed by atoms with Gasteiger partial charge in [0.2, 0.25) is 5.88 Å². The van der Waals surface area contributed by atoms with Crippen molar-refractivity contribution in [1.29, 1.82) is 0 Å². The summed E-state index contributed by atoms with van der Waals surface area (Å²) in [6, 6.07) is 1.84. The number of aromatic nitrogens is 2. The molecule has 0 aliphatic carbocycles. The first kappa shape index (κ1) is 14.7. The minimum atomic E-state index is 0.637. The van der Waals surface area contributed by atoms with Crippen molar-refractivity contribution < 1.29 is 4.74 Å². The topological polar surface area (TPSA) is 73.1 Å². The van der Waals surface area contributed by atoms with Crippen LogP contribution in [0.1, 0.15) is 39.0 Å². The Bertz CT molecular complexity index is 320. The van der Waals surface area contributed by atoms with E-state index < -0.39 is 0 Å². The number of anilines is 1. The fourth-order valence-corrected chi connectivity index (χ4v) is 1.56. The zero-order valence-electron chi connectivity index (χ0n) is 11.2. The van der Waals surface area contributed by atoms with Crippen LogP contribution in [0.5, 0.6) is 5.88 Å². The second-order valence-corrected chi connectivity index (χ2v) is 4.22. The number of nitrogens with zero attached hydrogens (tertiary/aromatic N) is 2. The average molecular weight is 252 g/mol. The predicted octanol–water partition coefficient (Wildman–Crippen LogP) is 2.20. The summed E-state index contributed by atoms with van der Waals surface area (Å²) in [7, 11) is 0. The van der Waals surface area contributed by atoms with Gasteiger partial charge in [0.25, 0.3) is 0 Å². The Balaban J connectivity index is 2.20. The number of nitrogens with one attached hydrogen (secondary N) is 1. The van der Waals surface area contributed by atoms with E-state index in [0.29, 0.717) is 12.5 Å². The third-order valence-corrected chi connectivity index (χ3v) is 2.53. The monoisotopic (exact) mass is 252 g/mol. The quantitative estimate of drug-likeness (QED) is 0.624. The van der Waals surface area contributed by atoms with E-state index in [4.69, 9.17) is 10.5 Å². The number of ether oxygens (including phenoxy) is 1. The van der Waals surface area contributed by atoms with Crippen molar-refractivity contribution in [3.63, 3.8) is 0 Å². The van der Waals surface area contributed by atoms with E-state index in [1.165, 1.54) is 19.2 Å². The highest BCUT2D eigenvalue weighted by Gasteiger charge is 1.98. The van der Waals surface area contributed by atoms with Gasteiger partial charge in [-0.25, -0.2) is 9.97 Å². The SMILES string of the molecule is CCCOc1cc(NCCCCCCN)ncn1. The van der Waals surface area contributed by atoms with Crippen LogP contribution in [0, 0.1) is 0 Å². The van der Waals surface area contributed by atoms with Gasteiger partial charge in [0, 0.05) is 12.6 Å². The normalized spacial score (nSPS) is 10.3. The predicted molar refractivity (Wildman–Crippen MR) is 73.8 cm³/mol. The maximum Gasteiger partial charge on any atom is 0.218 e. The summed E-state index contributed by atoms with van der Waals surface area (Å²) in [6.45, 7) is 4.48. The van der Waals surface area contributed by atoms with E-state index in [-0.39, 0.29) is 0 Å². The van der Waals surface area contributed by atoms with Gasteiger partial charge in [-0.3, -0.25) is 0 Å². The van der Waals surface area contributed by atoms with Crippen molar-refractivity contribution in [3.8, 4) is 5.88 Å². The van der Waals surface area contributed by atoms with Crippen molar-refractivity contribution in [1.82, 2.24) is 9.97 Å². The van der Waals surface area contributed by atoms with Crippen molar-refractivity contribution >= 4 is 5.82 Å². The highest BCUT2D eigenvalue weighted by Crippen LogP contribution is 2.11. The maximum absolute atomic E-state index is 5.45. The lowest BCUT2D eigenvalue weighted by Crippen LogP contribution is -2.05. The van der Waals surface area contributed by atoms with E-state index in [9.17, 15) is 0 Å². The van der Waals surface area contributed by atoms with Gasteiger partial charge < -0.3 is 15.8 Å². The molecule has 1 rings (SSSR count). The molecule has 0 amide bonds. The fraction of sp³-hybridized carbons (Fsp3) is 0.692. The summed E-state index contributed by atoms with van der Waals surface area (Å²) < 4.78 is 5.45. The molecule has 0 radical (unpaired) electrons. The molecule has 0 fully saturated rings. The van der Waals surface area contributed by atoms with Crippen LogP contribution < -0.4 is 15.8 Å². The molecular formula is C13H24N4O. The number of hydrogen-bond donors (Lipinski definition) is 2. The van der Waals surface area contributed by atoms with Crippen molar-refractivity contribution in [3.05, 3.63) is 12.4 Å². The Morgan fingerprint density at radius 1 is 1.22 bits per heavy atom. The molecule has 0 saturated heterocycles. The van der Waals surface area contributed by atoms with Crippen molar-refractivity contribution in [2.75, 3.05) is 25.0 Å². The smallest absolute Gasteiger partial charge is 0.218 e. The summed E-state index contributed by atoms with van der Waals surface area (Å²) >= 11 is 0. The van der Waals surface area contributed by atoms with Crippen LogP contribution in [0.25, 0.3) is 0 Å². The van der Waals surface area contributed by atoms with Crippen LogP contribution in [-0.2, 0) is 0 Å². The maximum atomic E-state index is 5.45. The summed E-state index contributed by atoms with van der Waals surface area (Å²) in [5, 5.41) is 3.28. The first-order valence-electron chi connectivity index (χ1n) is 6.75. The molecule has 3 N–H and O–H groups in total. The summed E-state index contributed by atoms with van der Waals surface area (Å²) in [5.41, 5.74) is 5.44. The Morgan fingerprint density at radius 3 is 2.83 bits per heavy atom. The number of rotatable bonds is 10. The van der Waals surface area contributed by atoms with E-state index >= 15 is 0 Å². The van der Waals surface area contributed by atoms with Gasteiger partial charge >= 0.3 is 0 Å². The van der Waals surface area contributed by atoms with Crippen molar-refractivity contribution in [2.24, 2.45) is 5.73 Å². The summed E-state index contributed by atoms with van der Waals surface area (Å²) in [5.74, 6) is 1.47. The zero-order chi connectivity index (χ0) is 13.1. The standard InChI is InChI=1S/C13H24N4O/c1-2-9-18-13-10-12(16-11-17-13)15-8-6-4-3-5-7-14/h10-11H,2-9,14H2,1H3,(H,15,16,17). The molecule has 5 nitrogen and oxygen atoms in total. The van der Waals surface area contributed by atoms with Crippen LogP contribution in [0.2, 0.25) is 0 Å². The lowest BCUT2D eigenvalue weighted by Gasteiger charge is -2.07. The van der Waals surface area contributed by atoms with E-state index in [2.05, 4.69) is 22.2 Å². The second kappa shape index (κ2) is 9.65. The third kappa shape index (κ3) is 6.39. The van der Waals surface area contributed by atoms with Crippen LogP contribution in [0.4, 0.5) is 5.82 Å². The lowest BCUT2D eigenvalue weighted by atomic mass is 10.2. The van der Waals surface area contributed by atoms with Gasteiger partial charge in [-0.15, -0.1) is 0 Å². The van der Waals surface area contributed by atoms with E-state index in [0.717, 1.165) is 38.2 Å². The van der Waals surface area contributed by atoms with Crippen molar-refractivity contribution in [2.45, 2.75) is 39.0 Å². The molecule has 0 unspecified atom stereocenters. The molecule has 0 saturated carbocycles. The zero-order valence-corrected chi connectivity index (χ0v) is 11.2. The Kier molecular flexibility index (Phi) is 7.88. The highest BCUT2D eigenvalue weighted by molar-refractivity contribution is 5.36. The van der Waals surface area contributed by atoms with Gasteiger partial charge in [0.1, 0.15) is 12.1 Å². The molecule has 5 heteroatoms. The number of unbranched alkanes of at least 4 members (excludes halogenated alkanes) is 3. The lowest BCUT2D eigenvalue weighted by molar-refractivity contribution is 0.305. The fourth-order valence-electron chi connectivity index (χ4n) is 1.56. The molecule has 0 aromatic carbocycles. The average Bonchev–Trinajstić information content (AvgIpc) is 2.41. The molecular weight excluding hydrogens is 228 g/mol. The largest absolute Gasteiger partial charge is 0.478 e. The molecule has 0 bridgehead atoms. The van der Waals surface area contributed by atoms with Gasteiger partial charge in [-0.05, 0) is 25.8 Å². The molecule has 18 heavy (non-hydrogen) atoms. The summed E-state index contributed by atoms with van der Waals surface area (Å²) in [6.07, 6.45) is 7.16. The minimum Gasteiger partial charge on any atom is -0.478 e. The van der Waals surface area contributed by atoms with Gasteiger partial charge in [0.15, 0.2) is 0 Å². The first-order valence-corrected chi connectivity index (χ1v) is 6.75. The molecule has 1 heterocycles. The molecule has 0 aliphatic heterocycles. The third-order valence-electron chi connectivity index (χ3n) is 2.53. The van der Waals surface area contributed by atoms with Crippen LogP contribution in [-0.4, -0.2) is 29.7 Å². The number of hydrogen-bond acceptors (Lipinski definition) is 5. The molecule has 1 aromatic heterocycles. The Hall–Kier alpha value is -1.36. The number of nitrogens with two attached hydrogens (primary N) is 1. The molecule has 1 aromatic rings. The molecule has 0 atom stereocenters. The molecule has 0 spiro atoms. The summed E-state index contributed by atoms with van der Waals surface area (Å²) in [4.78, 5) is 8.22. The molecule has 0 aliphatic rings. The van der Waals surface area contributed by atoms with Crippen LogP contribution >= 0.6 is 0 Å². The highest BCUT2D eigenvalue weighted by atomic mass is 16.5. The van der Waals surface area contributed by atoms with Gasteiger partial charge in [0.05, 0.1) is 6.61 Å². The molecule has 102 valence electrons. The van der Waals surface area contributed by atoms with Gasteiger partial charge in [-0.1, -0.05) is 19.8 Å². The van der Waals surface area contributed by atoms with Crippen LogP contribution in [0.15, 0.2) is 12.4 Å². The Morgan fingerprint density at radius 2 is 2.06 bits per heavy atom.